The van der Waals surface area contributed by atoms with Gasteiger partial charge in [0.25, 0.3) is 0 Å². The fraction of sp³-hybridized carbons (Fsp3) is 0.161. The summed E-state index contributed by atoms with van der Waals surface area (Å²) in [6, 6.07) is 38.8. The Morgan fingerprint density at radius 3 is 1.61 bits per heavy atom. The summed E-state index contributed by atoms with van der Waals surface area (Å²) in [5.74, 6) is -0.225. The highest BCUT2D eigenvalue weighted by molar-refractivity contribution is 6.06. The molecule has 4 aromatic carbocycles. The van der Waals surface area contributed by atoms with Crippen LogP contribution in [-0.2, 0) is 5.41 Å². The van der Waals surface area contributed by atoms with Crippen molar-refractivity contribution in [2.45, 2.75) is 31.1 Å². The molecule has 2 heteroatoms. The number of benzene rings is 4. The van der Waals surface area contributed by atoms with Crippen LogP contribution < -0.4 is 0 Å². The predicted molar refractivity (Wildman–Crippen MR) is 134 cm³/mol. The maximum atomic E-state index is 14.3. The number of hydrogen-bond acceptors (Lipinski definition) is 2. The highest BCUT2D eigenvalue weighted by Crippen LogP contribution is 2.47. The Morgan fingerprint density at radius 1 is 0.636 bits per heavy atom. The molecule has 0 amide bonds. The highest BCUT2D eigenvalue weighted by atomic mass is 16.1. The molecule has 2 atom stereocenters. The second-order valence-electron chi connectivity index (χ2n) is 8.34. The normalized spacial score (nSPS) is 13.6. The first-order valence-electron chi connectivity index (χ1n) is 11.5. The molecule has 164 valence electrons. The van der Waals surface area contributed by atoms with E-state index in [1.54, 1.807) is 0 Å². The molecule has 0 fully saturated rings. The third-order valence-electron chi connectivity index (χ3n) is 6.57. The third-order valence-corrected chi connectivity index (χ3v) is 6.57. The van der Waals surface area contributed by atoms with Crippen LogP contribution in [0.1, 0.15) is 57.5 Å². The van der Waals surface area contributed by atoms with Gasteiger partial charge in [0.05, 0.1) is 5.41 Å². The quantitative estimate of drug-likeness (QED) is 0.261. The molecule has 0 spiro atoms. The molecule has 0 bridgehead atoms. The minimum absolute atomic E-state index is 0.0408. The van der Waals surface area contributed by atoms with Gasteiger partial charge in [0.1, 0.15) is 0 Å². The largest absolute Gasteiger partial charge is 0.294 e. The smallest absolute Gasteiger partial charge is 0.173 e. The molecule has 2 nitrogen and oxygen atoms in total. The second kappa shape index (κ2) is 10.2. The van der Waals surface area contributed by atoms with Crippen LogP contribution >= 0.6 is 0 Å². The molecule has 33 heavy (non-hydrogen) atoms. The molecular weight excluding hydrogens is 404 g/mol. The van der Waals surface area contributed by atoms with Crippen molar-refractivity contribution in [1.82, 2.24) is 0 Å². The first kappa shape index (κ1) is 22.4. The molecule has 4 rings (SSSR count). The summed E-state index contributed by atoms with van der Waals surface area (Å²) in [6.45, 7) is 2.05. The number of Topliss-reactive ketones (excluding diaryl/α,β-unsaturated/α-hetero) is 2. The van der Waals surface area contributed by atoms with E-state index in [-0.39, 0.29) is 23.9 Å². The maximum Gasteiger partial charge on any atom is 0.173 e. The molecular formula is C31H28O2. The minimum Gasteiger partial charge on any atom is -0.294 e. The van der Waals surface area contributed by atoms with Gasteiger partial charge in [-0.25, -0.2) is 0 Å². The van der Waals surface area contributed by atoms with Crippen molar-refractivity contribution >= 4 is 11.6 Å². The Labute approximate surface area is 195 Å². The molecule has 0 saturated heterocycles. The molecule has 0 aliphatic heterocycles. The van der Waals surface area contributed by atoms with E-state index in [4.69, 9.17) is 0 Å². The van der Waals surface area contributed by atoms with Crippen LogP contribution in [0.3, 0.4) is 0 Å². The van der Waals surface area contributed by atoms with Gasteiger partial charge in [0.2, 0.25) is 0 Å². The van der Waals surface area contributed by atoms with Gasteiger partial charge in [-0.15, -0.1) is 0 Å². The van der Waals surface area contributed by atoms with E-state index in [1.165, 1.54) is 0 Å². The Balaban J connectivity index is 1.91. The lowest BCUT2D eigenvalue weighted by Gasteiger charge is -2.40. The zero-order valence-corrected chi connectivity index (χ0v) is 18.9. The van der Waals surface area contributed by atoms with Gasteiger partial charge >= 0.3 is 0 Å². The summed E-state index contributed by atoms with van der Waals surface area (Å²) in [7, 11) is 0. The minimum atomic E-state index is -0.881. The van der Waals surface area contributed by atoms with E-state index < -0.39 is 5.41 Å². The van der Waals surface area contributed by atoms with Crippen LogP contribution in [0.15, 0.2) is 121 Å². The lowest BCUT2D eigenvalue weighted by molar-refractivity contribution is 0.0824. The fourth-order valence-corrected chi connectivity index (χ4v) is 4.87. The van der Waals surface area contributed by atoms with E-state index in [2.05, 4.69) is 6.92 Å². The number of carbonyl (C=O) groups is 2. The van der Waals surface area contributed by atoms with E-state index in [9.17, 15) is 9.59 Å². The molecule has 0 N–H and O–H groups in total. The topological polar surface area (TPSA) is 34.1 Å². The Kier molecular flexibility index (Phi) is 6.95. The van der Waals surface area contributed by atoms with Crippen molar-refractivity contribution in [1.29, 1.82) is 0 Å². The third kappa shape index (κ3) is 4.56. The van der Waals surface area contributed by atoms with Gasteiger partial charge in [-0.05, 0) is 17.5 Å². The summed E-state index contributed by atoms with van der Waals surface area (Å²) in [5.41, 5.74) is 2.39. The van der Waals surface area contributed by atoms with Gasteiger partial charge in [-0.3, -0.25) is 9.59 Å². The predicted octanol–water partition coefficient (Wildman–Crippen LogP) is 7.27. The van der Waals surface area contributed by atoms with Gasteiger partial charge in [-0.2, -0.15) is 0 Å². The molecule has 4 aromatic rings. The van der Waals surface area contributed by atoms with Crippen LogP contribution in [0.2, 0.25) is 0 Å². The number of hydrogen-bond donors (Lipinski definition) is 0. The number of rotatable bonds is 9. The standard InChI is InChI=1S/C31H28O2/c1-2-31(27-21-13-6-14-22-27,30(33)26-19-11-5-12-20-26)28(24-15-7-3-8-16-24)23-29(32)25-17-9-4-10-18-25/h3-22,28H,2,23H2,1H3. The molecule has 0 aliphatic carbocycles. The molecule has 0 aliphatic rings. The summed E-state index contributed by atoms with van der Waals surface area (Å²) >= 11 is 0. The van der Waals surface area contributed by atoms with Crippen LogP contribution in [-0.4, -0.2) is 11.6 Å². The molecule has 0 radical (unpaired) electrons. The summed E-state index contributed by atoms with van der Waals surface area (Å²) < 4.78 is 0. The van der Waals surface area contributed by atoms with E-state index in [1.807, 2.05) is 121 Å². The van der Waals surface area contributed by atoms with Gasteiger partial charge in [0.15, 0.2) is 11.6 Å². The average molecular weight is 433 g/mol. The van der Waals surface area contributed by atoms with Crippen molar-refractivity contribution in [3.8, 4) is 0 Å². The summed E-state index contributed by atoms with van der Waals surface area (Å²) in [6.07, 6.45) is 0.821. The molecule has 0 saturated carbocycles. The Hall–Kier alpha value is -3.78. The Morgan fingerprint density at radius 2 is 1.09 bits per heavy atom. The van der Waals surface area contributed by atoms with E-state index in [0.29, 0.717) is 17.5 Å². The maximum absolute atomic E-state index is 14.3. The fourth-order valence-electron chi connectivity index (χ4n) is 4.87. The van der Waals surface area contributed by atoms with Crippen molar-refractivity contribution in [3.63, 3.8) is 0 Å². The number of carbonyl (C=O) groups excluding carboxylic acids is 2. The lowest BCUT2D eigenvalue weighted by atomic mass is 9.60. The van der Waals surface area contributed by atoms with Crippen molar-refractivity contribution < 1.29 is 9.59 Å². The monoisotopic (exact) mass is 432 g/mol. The van der Waals surface area contributed by atoms with Crippen LogP contribution in [0.25, 0.3) is 0 Å². The molecule has 0 heterocycles. The van der Waals surface area contributed by atoms with Gasteiger partial charge in [-0.1, -0.05) is 128 Å². The van der Waals surface area contributed by atoms with E-state index >= 15 is 0 Å². The SMILES string of the molecule is CCC(C(=O)c1ccccc1)(c1ccccc1)C(CC(=O)c1ccccc1)c1ccccc1. The molecule has 2 unspecified atom stereocenters. The molecule has 0 aromatic heterocycles. The first-order chi connectivity index (χ1) is 16.2. The van der Waals surface area contributed by atoms with Gasteiger partial charge < -0.3 is 0 Å². The zero-order valence-electron chi connectivity index (χ0n) is 18.9. The van der Waals surface area contributed by atoms with Crippen LogP contribution in [0.4, 0.5) is 0 Å². The van der Waals surface area contributed by atoms with Crippen molar-refractivity contribution in [3.05, 3.63) is 144 Å². The van der Waals surface area contributed by atoms with Crippen molar-refractivity contribution in [2.24, 2.45) is 0 Å². The highest BCUT2D eigenvalue weighted by Gasteiger charge is 2.47. The summed E-state index contributed by atoms with van der Waals surface area (Å²) in [5, 5.41) is 0. The zero-order chi connectivity index (χ0) is 23.1. The number of ketones is 2. The van der Waals surface area contributed by atoms with Crippen LogP contribution in [0.5, 0.6) is 0 Å². The first-order valence-corrected chi connectivity index (χ1v) is 11.5. The lowest BCUT2D eigenvalue weighted by Crippen LogP contribution is -2.42. The second-order valence-corrected chi connectivity index (χ2v) is 8.34. The average Bonchev–Trinajstić information content (AvgIpc) is 2.90. The van der Waals surface area contributed by atoms with E-state index in [0.717, 1.165) is 11.1 Å². The van der Waals surface area contributed by atoms with Crippen LogP contribution in [0, 0.1) is 0 Å². The Bertz CT molecular complexity index is 1180. The van der Waals surface area contributed by atoms with Gasteiger partial charge in [0, 0.05) is 23.5 Å². The van der Waals surface area contributed by atoms with Crippen molar-refractivity contribution in [2.75, 3.05) is 0 Å². The summed E-state index contributed by atoms with van der Waals surface area (Å²) in [4.78, 5) is 27.8.